The number of imidazole rings is 1. The van der Waals surface area contributed by atoms with Crippen molar-refractivity contribution in [3.63, 3.8) is 0 Å². The van der Waals surface area contributed by atoms with Gasteiger partial charge in [-0.1, -0.05) is 13.8 Å². The minimum absolute atomic E-state index is 0.00953. The lowest BCUT2D eigenvalue weighted by Gasteiger charge is -2.05. The molecule has 0 aromatic carbocycles. The van der Waals surface area contributed by atoms with E-state index in [2.05, 4.69) is 23.8 Å². The third-order valence-corrected chi connectivity index (χ3v) is 2.29. The Morgan fingerprint density at radius 2 is 2.07 bits per heavy atom. The second-order valence-corrected chi connectivity index (χ2v) is 3.62. The Morgan fingerprint density at radius 1 is 1.36 bits per heavy atom. The maximum absolute atomic E-state index is 9.07. The molecular formula is C10H13N3O. The van der Waals surface area contributed by atoms with E-state index in [9.17, 15) is 0 Å². The maximum Gasteiger partial charge on any atom is 0.233 e. The zero-order valence-electron chi connectivity index (χ0n) is 8.31. The number of fused-ring (bicyclic) bond motifs is 1. The van der Waals surface area contributed by atoms with E-state index in [1.807, 2.05) is 16.8 Å². The Bertz CT molecular complexity index is 448. The van der Waals surface area contributed by atoms with Gasteiger partial charge < -0.3 is 5.11 Å². The van der Waals surface area contributed by atoms with Gasteiger partial charge in [0.1, 0.15) is 0 Å². The smallest absolute Gasteiger partial charge is 0.233 e. The molecule has 0 bridgehead atoms. The summed E-state index contributed by atoms with van der Waals surface area (Å²) in [5.74, 6) is 1.07. The summed E-state index contributed by atoms with van der Waals surface area (Å²) in [5, 5.41) is 9.07. The Hall–Kier alpha value is -1.42. The number of aliphatic hydroxyl groups excluding tert-OH is 1. The summed E-state index contributed by atoms with van der Waals surface area (Å²) in [6.07, 6.45) is 5.45. The molecule has 2 heterocycles. The van der Waals surface area contributed by atoms with Crippen molar-refractivity contribution in [1.29, 1.82) is 0 Å². The van der Waals surface area contributed by atoms with Gasteiger partial charge in [-0.05, 0) is 11.5 Å². The summed E-state index contributed by atoms with van der Waals surface area (Å²) < 4.78 is 1.83. The average Bonchev–Trinajstić information content (AvgIpc) is 2.59. The Kier molecular flexibility index (Phi) is 2.21. The van der Waals surface area contributed by atoms with E-state index in [0.29, 0.717) is 11.7 Å². The molecule has 2 aromatic heterocycles. The van der Waals surface area contributed by atoms with Crippen LogP contribution in [0.4, 0.5) is 0 Å². The average molecular weight is 191 g/mol. The molecule has 14 heavy (non-hydrogen) atoms. The molecule has 0 aliphatic rings. The molecular weight excluding hydrogens is 178 g/mol. The zero-order valence-corrected chi connectivity index (χ0v) is 8.31. The monoisotopic (exact) mass is 191 g/mol. The highest BCUT2D eigenvalue weighted by Gasteiger charge is 2.05. The molecule has 0 atom stereocenters. The van der Waals surface area contributed by atoms with Gasteiger partial charge in [0.15, 0.2) is 0 Å². The third-order valence-electron chi connectivity index (χ3n) is 2.29. The van der Waals surface area contributed by atoms with Gasteiger partial charge in [-0.25, -0.2) is 9.97 Å². The summed E-state index contributed by atoms with van der Waals surface area (Å²) in [4.78, 5) is 8.29. The number of hydrogen-bond donors (Lipinski definition) is 1. The number of aromatic nitrogens is 3. The van der Waals surface area contributed by atoms with Crippen molar-refractivity contribution in [3.8, 4) is 0 Å². The highest BCUT2D eigenvalue weighted by Crippen LogP contribution is 2.14. The minimum atomic E-state index is -0.00953. The van der Waals surface area contributed by atoms with Gasteiger partial charge in [0, 0.05) is 12.4 Å². The number of rotatable bonds is 2. The Morgan fingerprint density at radius 3 is 2.71 bits per heavy atom. The van der Waals surface area contributed by atoms with Crippen molar-refractivity contribution in [1.82, 2.24) is 14.4 Å². The van der Waals surface area contributed by atoms with Crippen LogP contribution in [0.2, 0.25) is 0 Å². The fourth-order valence-electron chi connectivity index (χ4n) is 1.35. The van der Waals surface area contributed by atoms with E-state index in [4.69, 9.17) is 5.11 Å². The number of aliphatic hydroxyl groups is 1. The predicted octanol–water partition coefficient (Wildman–Crippen LogP) is 1.34. The Balaban J connectivity index is 2.61. The summed E-state index contributed by atoms with van der Waals surface area (Å²) in [6, 6.07) is 0. The van der Waals surface area contributed by atoms with Crippen LogP contribution in [0.5, 0.6) is 0 Å². The lowest BCUT2D eigenvalue weighted by Crippen LogP contribution is -1.98. The molecule has 0 saturated carbocycles. The summed E-state index contributed by atoms with van der Waals surface area (Å²) in [7, 11) is 0. The molecule has 0 spiro atoms. The van der Waals surface area contributed by atoms with Gasteiger partial charge in [-0.3, -0.25) is 4.40 Å². The first-order valence-corrected chi connectivity index (χ1v) is 4.65. The van der Waals surface area contributed by atoms with Crippen molar-refractivity contribution < 1.29 is 5.11 Å². The maximum atomic E-state index is 9.07. The third kappa shape index (κ3) is 1.37. The van der Waals surface area contributed by atoms with E-state index in [1.165, 1.54) is 0 Å². The molecule has 2 rings (SSSR count). The second-order valence-electron chi connectivity index (χ2n) is 3.62. The first-order valence-electron chi connectivity index (χ1n) is 4.65. The van der Waals surface area contributed by atoms with E-state index < -0.39 is 0 Å². The van der Waals surface area contributed by atoms with Crippen molar-refractivity contribution in [2.45, 2.75) is 26.4 Å². The Labute approximate surface area is 82.2 Å². The van der Waals surface area contributed by atoms with Crippen molar-refractivity contribution in [3.05, 3.63) is 29.8 Å². The fraction of sp³-hybridized carbons (Fsp3) is 0.400. The highest BCUT2D eigenvalue weighted by molar-refractivity contribution is 5.32. The summed E-state index contributed by atoms with van der Waals surface area (Å²) in [6.45, 7) is 4.21. The van der Waals surface area contributed by atoms with E-state index in [0.717, 1.165) is 11.3 Å². The predicted molar refractivity (Wildman–Crippen MR) is 53.0 cm³/mol. The molecule has 0 saturated heterocycles. The van der Waals surface area contributed by atoms with Gasteiger partial charge in [0.05, 0.1) is 18.5 Å². The van der Waals surface area contributed by atoms with Crippen molar-refractivity contribution in [2.75, 3.05) is 0 Å². The zero-order chi connectivity index (χ0) is 10.1. The molecule has 4 heteroatoms. The first kappa shape index (κ1) is 9.15. The van der Waals surface area contributed by atoms with Crippen LogP contribution < -0.4 is 0 Å². The lowest BCUT2D eigenvalue weighted by molar-refractivity contribution is 0.275. The largest absolute Gasteiger partial charge is 0.390 e. The standard InChI is InChI=1S/C10H13N3O/c1-7(2)8-3-11-10-12-4-9(6-14)13(10)5-8/h3-5,7,14H,6H2,1-2H3. The first-order chi connectivity index (χ1) is 6.72. The van der Waals surface area contributed by atoms with Crippen LogP contribution in [0.25, 0.3) is 5.78 Å². The van der Waals surface area contributed by atoms with Crippen LogP contribution in [0.1, 0.15) is 31.0 Å². The quantitative estimate of drug-likeness (QED) is 0.779. The molecule has 74 valence electrons. The molecule has 0 radical (unpaired) electrons. The van der Waals surface area contributed by atoms with Crippen LogP contribution in [0, 0.1) is 0 Å². The lowest BCUT2D eigenvalue weighted by atomic mass is 10.1. The summed E-state index contributed by atoms with van der Waals surface area (Å²) in [5.41, 5.74) is 1.92. The fourth-order valence-corrected chi connectivity index (χ4v) is 1.35. The topological polar surface area (TPSA) is 50.4 Å². The van der Waals surface area contributed by atoms with Gasteiger partial charge in [0.25, 0.3) is 0 Å². The van der Waals surface area contributed by atoms with Crippen LogP contribution in [0.15, 0.2) is 18.6 Å². The SMILES string of the molecule is CC(C)c1cnc2ncc(CO)n2c1. The number of nitrogens with zero attached hydrogens (tertiary/aromatic N) is 3. The van der Waals surface area contributed by atoms with Gasteiger partial charge >= 0.3 is 0 Å². The van der Waals surface area contributed by atoms with Crippen LogP contribution in [-0.4, -0.2) is 19.5 Å². The van der Waals surface area contributed by atoms with Crippen LogP contribution >= 0.6 is 0 Å². The van der Waals surface area contributed by atoms with Crippen molar-refractivity contribution in [2.24, 2.45) is 0 Å². The van der Waals surface area contributed by atoms with Gasteiger partial charge in [-0.15, -0.1) is 0 Å². The van der Waals surface area contributed by atoms with E-state index in [1.54, 1.807) is 6.20 Å². The molecule has 1 N–H and O–H groups in total. The molecule has 0 unspecified atom stereocenters. The molecule has 2 aromatic rings. The normalized spacial score (nSPS) is 11.4. The molecule has 0 aliphatic heterocycles. The number of hydrogen-bond acceptors (Lipinski definition) is 3. The minimum Gasteiger partial charge on any atom is -0.390 e. The summed E-state index contributed by atoms with van der Waals surface area (Å²) >= 11 is 0. The highest BCUT2D eigenvalue weighted by atomic mass is 16.3. The molecule has 0 fully saturated rings. The van der Waals surface area contributed by atoms with Crippen molar-refractivity contribution >= 4 is 5.78 Å². The molecule has 0 aliphatic carbocycles. The van der Waals surface area contributed by atoms with Crippen LogP contribution in [0.3, 0.4) is 0 Å². The molecule has 0 amide bonds. The van der Waals surface area contributed by atoms with E-state index in [-0.39, 0.29) is 6.61 Å². The van der Waals surface area contributed by atoms with Gasteiger partial charge in [0.2, 0.25) is 5.78 Å². The molecule has 4 nitrogen and oxygen atoms in total. The van der Waals surface area contributed by atoms with Gasteiger partial charge in [-0.2, -0.15) is 0 Å². The van der Waals surface area contributed by atoms with Crippen LogP contribution in [-0.2, 0) is 6.61 Å². The second kappa shape index (κ2) is 3.38. The van der Waals surface area contributed by atoms with E-state index >= 15 is 0 Å².